The summed E-state index contributed by atoms with van der Waals surface area (Å²) in [6, 6.07) is 8.24. The first-order valence-corrected chi connectivity index (χ1v) is 7.72. The highest BCUT2D eigenvalue weighted by atomic mass is 35.5. The van der Waals surface area contributed by atoms with Gasteiger partial charge in [-0.15, -0.1) is 12.4 Å². The van der Waals surface area contributed by atoms with E-state index in [0.717, 1.165) is 30.9 Å². The number of nitrogens with one attached hydrogen (secondary N) is 1. The van der Waals surface area contributed by atoms with Gasteiger partial charge >= 0.3 is 0 Å². The Morgan fingerprint density at radius 3 is 2.82 bits per heavy atom. The van der Waals surface area contributed by atoms with E-state index in [9.17, 15) is 0 Å². The van der Waals surface area contributed by atoms with Crippen LogP contribution in [0.2, 0.25) is 5.02 Å². The summed E-state index contributed by atoms with van der Waals surface area (Å²) in [6.45, 7) is 3.05. The Morgan fingerprint density at radius 2 is 2.14 bits per heavy atom. The lowest BCUT2D eigenvalue weighted by molar-refractivity contribution is 0.192. The molecule has 3 rings (SSSR count). The summed E-state index contributed by atoms with van der Waals surface area (Å²) >= 11 is 6.00. The maximum absolute atomic E-state index is 6.00. The quantitative estimate of drug-likeness (QED) is 0.922. The third kappa shape index (κ3) is 4.23. The number of hydrogen-bond acceptors (Lipinski definition) is 4. The van der Waals surface area contributed by atoms with Crippen LogP contribution in [0.4, 0.5) is 0 Å². The zero-order chi connectivity index (χ0) is 14.7. The number of benzene rings is 1. The molecule has 0 aliphatic carbocycles. The van der Waals surface area contributed by atoms with Crippen LogP contribution >= 0.6 is 24.0 Å². The van der Waals surface area contributed by atoms with Gasteiger partial charge in [0.2, 0.25) is 5.89 Å². The smallest absolute Gasteiger partial charge is 0.226 e. The Balaban J connectivity index is 0.00000176. The van der Waals surface area contributed by atoms with Crippen molar-refractivity contribution in [3.8, 4) is 11.5 Å². The summed E-state index contributed by atoms with van der Waals surface area (Å²) in [5, 5.41) is 4.04. The van der Waals surface area contributed by atoms with Gasteiger partial charge in [-0.3, -0.25) is 4.90 Å². The van der Waals surface area contributed by atoms with Crippen LogP contribution in [0, 0.1) is 0 Å². The summed E-state index contributed by atoms with van der Waals surface area (Å²) in [6.07, 6.45) is 4.13. The molecule has 0 saturated carbocycles. The molecule has 1 aliphatic heterocycles. The first-order chi connectivity index (χ1) is 10.2. The molecule has 1 aromatic carbocycles. The number of nitrogens with zero attached hydrogens (tertiary/aromatic N) is 2. The maximum atomic E-state index is 6.00. The molecule has 120 valence electrons. The lowest BCUT2D eigenvalue weighted by Gasteiger charge is -2.31. The van der Waals surface area contributed by atoms with E-state index in [4.69, 9.17) is 16.0 Å². The second-order valence-electron chi connectivity index (χ2n) is 5.49. The van der Waals surface area contributed by atoms with Crippen LogP contribution in [-0.2, 0) is 6.54 Å². The van der Waals surface area contributed by atoms with E-state index in [0.29, 0.717) is 17.0 Å². The predicted molar refractivity (Wildman–Crippen MR) is 91.6 cm³/mol. The van der Waals surface area contributed by atoms with Crippen molar-refractivity contribution in [2.75, 3.05) is 20.1 Å². The van der Waals surface area contributed by atoms with Crippen molar-refractivity contribution in [1.82, 2.24) is 15.2 Å². The van der Waals surface area contributed by atoms with Crippen LogP contribution in [0.5, 0.6) is 0 Å². The van der Waals surface area contributed by atoms with E-state index in [1.54, 1.807) is 6.26 Å². The average molecular weight is 342 g/mol. The second-order valence-corrected chi connectivity index (χ2v) is 5.93. The van der Waals surface area contributed by atoms with E-state index in [2.05, 4.69) is 15.2 Å². The summed E-state index contributed by atoms with van der Waals surface area (Å²) in [4.78, 5) is 7.00. The third-order valence-electron chi connectivity index (χ3n) is 4.00. The van der Waals surface area contributed by atoms with Crippen LogP contribution < -0.4 is 5.32 Å². The van der Waals surface area contributed by atoms with E-state index >= 15 is 0 Å². The molecule has 1 N–H and O–H groups in total. The third-order valence-corrected chi connectivity index (χ3v) is 4.24. The molecule has 0 unspecified atom stereocenters. The largest absolute Gasteiger partial charge is 0.444 e. The Bertz CT molecular complexity index is 595. The van der Waals surface area contributed by atoms with Gasteiger partial charge in [-0.2, -0.15) is 0 Å². The van der Waals surface area contributed by atoms with Gasteiger partial charge in [-0.1, -0.05) is 17.7 Å². The molecular weight excluding hydrogens is 321 g/mol. The molecule has 1 aromatic heterocycles. The van der Waals surface area contributed by atoms with Crippen molar-refractivity contribution >= 4 is 24.0 Å². The Kier molecular flexibility index (Phi) is 6.26. The fourth-order valence-corrected chi connectivity index (χ4v) is 2.93. The number of hydrogen-bond donors (Lipinski definition) is 1. The van der Waals surface area contributed by atoms with E-state index in [1.807, 2.05) is 31.3 Å². The topological polar surface area (TPSA) is 41.3 Å². The molecule has 1 fully saturated rings. The van der Waals surface area contributed by atoms with E-state index < -0.39 is 0 Å². The standard InChI is InChI=1S/C16H20ClN3O.ClH/c1-18-14-5-7-20(8-6-14)10-15-11-21-16(19-15)12-3-2-4-13(17)9-12;/h2-4,9,11,14,18H,5-8,10H2,1H3;1H. The number of aromatic nitrogens is 1. The van der Waals surface area contributed by atoms with Crippen molar-refractivity contribution in [1.29, 1.82) is 0 Å². The Hall–Kier alpha value is -1.07. The zero-order valence-electron chi connectivity index (χ0n) is 12.6. The van der Waals surface area contributed by atoms with Gasteiger partial charge in [0.05, 0.1) is 5.69 Å². The summed E-state index contributed by atoms with van der Waals surface area (Å²) in [5.41, 5.74) is 1.90. The molecule has 1 aliphatic rings. The maximum Gasteiger partial charge on any atom is 0.226 e. The van der Waals surface area contributed by atoms with Crippen molar-refractivity contribution in [3.63, 3.8) is 0 Å². The highest BCUT2D eigenvalue weighted by Gasteiger charge is 2.19. The predicted octanol–water partition coefficient (Wildman–Crippen LogP) is 3.60. The molecular formula is C16H21Cl2N3O. The van der Waals surface area contributed by atoms with Gasteiger partial charge in [0.15, 0.2) is 0 Å². The van der Waals surface area contributed by atoms with Gasteiger partial charge in [-0.25, -0.2) is 4.98 Å². The molecule has 0 bridgehead atoms. The van der Waals surface area contributed by atoms with Crippen LogP contribution in [0.25, 0.3) is 11.5 Å². The number of likely N-dealkylation sites (tertiary alicyclic amines) is 1. The van der Waals surface area contributed by atoms with Crippen LogP contribution in [0.15, 0.2) is 34.9 Å². The van der Waals surface area contributed by atoms with Crippen molar-refractivity contribution in [2.24, 2.45) is 0 Å². The van der Waals surface area contributed by atoms with Gasteiger partial charge in [0.1, 0.15) is 6.26 Å². The first-order valence-electron chi connectivity index (χ1n) is 7.34. The zero-order valence-corrected chi connectivity index (χ0v) is 14.2. The molecule has 22 heavy (non-hydrogen) atoms. The SMILES string of the molecule is CNC1CCN(Cc2coc(-c3cccc(Cl)c3)n2)CC1.Cl. The van der Waals surface area contributed by atoms with Crippen molar-refractivity contribution in [2.45, 2.75) is 25.4 Å². The van der Waals surface area contributed by atoms with Crippen molar-refractivity contribution < 1.29 is 4.42 Å². The average Bonchev–Trinajstić information content (AvgIpc) is 2.97. The fourth-order valence-electron chi connectivity index (χ4n) is 2.74. The number of oxazole rings is 1. The molecule has 2 heterocycles. The lowest BCUT2D eigenvalue weighted by Crippen LogP contribution is -2.40. The molecule has 0 spiro atoms. The number of rotatable bonds is 4. The summed E-state index contributed by atoms with van der Waals surface area (Å²) in [5.74, 6) is 0.637. The molecule has 6 heteroatoms. The number of piperidine rings is 1. The van der Waals surface area contributed by atoms with Crippen molar-refractivity contribution in [3.05, 3.63) is 41.2 Å². The number of halogens is 2. The van der Waals surface area contributed by atoms with E-state index in [-0.39, 0.29) is 12.4 Å². The molecule has 0 radical (unpaired) electrons. The highest BCUT2D eigenvalue weighted by molar-refractivity contribution is 6.30. The molecule has 0 amide bonds. The lowest BCUT2D eigenvalue weighted by atomic mass is 10.1. The van der Waals surface area contributed by atoms with Crippen LogP contribution in [0.1, 0.15) is 18.5 Å². The molecule has 1 saturated heterocycles. The minimum absolute atomic E-state index is 0. The summed E-state index contributed by atoms with van der Waals surface area (Å²) < 4.78 is 5.58. The van der Waals surface area contributed by atoms with Crippen LogP contribution in [0.3, 0.4) is 0 Å². The summed E-state index contributed by atoms with van der Waals surface area (Å²) in [7, 11) is 2.04. The van der Waals surface area contributed by atoms with Gasteiger partial charge < -0.3 is 9.73 Å². The van der Waals surface area contributed by atoms with Crippen LogP contribution in [-0.4, -0.2) is 36.1 Å². The van der Waals surface area contributed by atoms with Gasteiger partial charge in [-0.05, 0) is 38.1 Å². The molecule has 0 atom stereocenters. The Morgan fingerprint density at radius 1 is 1.36 bits per heavy atom. The van der Waals surface area contributed by atoms with Gasteiger partial charge in [0, 0.05) is 36.3 Å². The Labute approximate surface area is 142 Å². The van der Waals surface area contributed by atoms with E-state index in [1.165, 1.54) is 12.8 Å². The second kappa shape index (κ2) is 7.97. The first kappa shape index (κ1) is 17.3. The normalized spacial score (nSPS) is 16.5. The molecule has 4 nitrogen and oxygen atoms in total. The fraction of sp³-hybridized carbons (Fsp3) is 0.438. The molecule has 2 aromatic rings. The minimum atomic E-state index is 0. The minimum Gasteiger partial charge on any atom is -0.444 e. The monoisotopic (exact) mass is 341 g/mol. The van der Waals surface area contributed by atoms with Gasteiger partial charge in [0.25, 0.3) is 0 Å². The highest BCUT2D eigenvalue weighted by Crippen LogP contribution is 2.23.